The first kappa shape index (κ1) is 14.9. The van der Waals surface area contributed by atoms with Crippen molar-refractivity contribution in [1.29, 1.82) is 0 Å². The molecule has 0 spiro atoms. The molecule has 0 saturated heterocycles. The van der Waals surface area contributed by atoms with Gasteiger partial charge in [0.05, 0.1) is 12.3 Å². The van der Waals surface area contributed by atoms with Gasteiger partial charge in [0.25, 0.3) is 0 Å². The molecule has 0 amide bonds. The molecule has 18 heavy (non-hydrogen) atoms. The molecule has 0 bridgehead atoms. The zero-order valence-corrected chi connectivity index (χ0v) is 11.2. The predicted octanol–water partition coefficient (Wildman–Crippen LogP) is 1.06. The van der Waals surface area contributed by atoms with Gasteiger partial charge in [-0.2, -0.15) is 4.31 Å². The summed E-state index contributed by atoms with van der Waals surface area (Å²) in [5, 5.41) is 0. The maximum absolute atomic E-state index is 13.2. The monoisotopic (exact) mass is 276 g/mol. The Morgan fingerprint density at radius 3 is 2.72 bits per heavy atom. The van der Waals surface area contributed by atoms with Crippen molar-refractivity contribution in [3.63, 3.8) is 0 Å². The predicted molar refractivity (Wildman–Crippen MR) is 67.1 cm³/mol. The first-order chi connectivity index (χ1) is 8.41. The third kappa shape index (κ3) is 3.18. The molecule has 5 nitrogen and oxygen atoms in total. The van der Waals surface area contributed by atoms with Crippen molar-refractivity contribution in [2.24, 2.45) is 0 Å². The zero-order chi connectivity index (χ0) is 13.8. The van der Waals surface area contributed by atoms with Crippen molar-refractivity contribution < 1.29 is 17.5 Å². The lowest BCUT2D eigenvalue weighted by Gasteiger charge is -2.18. The van der Waals surface area contributed by atoms with E-state index in [9.17, 15) is 12.8 Å². The number of hydrogen-bond donors (Lipinski definition) is 1. The van der Waals surface area contributed by atoms with Gasteiger partial charge in [-0.05, 0) is 19.1 Å². The molecule has 1 aromatic carbocycles. The molecular weight excluding hydrogens is 259 g/mol. The van der Waals surface area contributed by atoms with E-state index in [0.717, 1.165) is 10.4 Å². The van der Waals surface area contributed by atoms with E-state index in [0.29, 0.717) is 6.61 Å². The average Bonchev–Trinajstić information content (AvgIpc) is 2.32. The van der Waals surface area contributed by atoms with E-state index in [1.807, 2.05) is 6.92 Å². The average molecular weight is 276 g/mol. The van der Waals surface area contributed by atoms with Crippen LogP contribution in [0.5, 0.6) is 0 Å². The largest absolute Gasteiger partial charge is 0.395 e. The Morgan fingerprint density at radius 1 is 1.44 bits per heavy atom. The van der Waals surface area contributed by atoms with Crippen LogP contribution in [0.15, 0.2) is 23.1 Å². The Labute approximate surface area is 106 Å². The topological polar surface area (TPSA) is 72.6 Å². The van der Waals surface area contributed by atoms with Crippen molar-refractivity contribution >= 4 is 15.7 Å². The number of hydrogen-bond acceptors (Lipinski definition) is 4. The second kappa shape index (κ2) is 6.12. The third-order valence-corrected chi connectivity index (χ3v) is 4.37. The van der Waals surface area contributed by atoms with Crippen LogP contribution in [-0.4, -0.2) is 39.5 Å². The van der Waals surface area contributed by atoms with E-state index in [4.69, 9.17) is 10.5 Å². The number of anilines is 1. The number of nitrogens with zero attached hydrogens (tertiary/aromatic N) is 1. The van der Waals surface area contributed by atoms with E-state index in [1.165, 1.54) is 19.2 Å². The molecule has 2 N–H and O–H groups in total. The Hall–Kier alpha value is -1.18. The quantitative estimate of drug-likeness (QED) is 0.623. The number of likely N-dealkylation sites (N-methyl/N-ethyl adjacent to an activating group) is 1. The third-order valence-electron chi connectivity index (χ3n) is 2.46. The SMILES string of the molecule is CCOCCN(C)S(=O)(=O)c1cccc(F)c1N. The molecule has 0 heterocycles. The summed E-state index contributed by atoms with van der Waals surface area (Å²) in [4.78, 5) is -0.221. The van der Waals surface area contributed by atoms with E-state index in [-0.39, 0.29) is 23.7 Å². The van der Waals surface area contributed by atoms with Crippen molar-refractivity contribution in [1.82, 2.24) is 4.31 Å². The van der Waals surface area contributed by atoms with E-state index in [1.54, 1.807) is 0 Å². The molecule has 102 valence electrons. The molecule has 0 saturated carbocycles. The summed E-state index contributed by atoms with van der Waals surface area (Å²) >= 11 is 0. The highest BCUT2D eigenvalue weighted by Gasteiger charge is 2.24. The molecule has 1 aromatic rings. The molecule has 0 radical (unpaired) electrons. The van der Waals surface area contributed by atoms with Crippen LogP contribution in [-0.2, 0) is 14.8 Å². The second-order valence-corrected chi connectivity index (χ2v) is 5.69. The van der Waals surface area contributed by atoms with Crippen molar-refractivity contribution in [3.8, 4) is 0 Å². The Morgan fingerprint density at radius 2 is 2.11 bits per heavy atom. The van der Waals surface area contributed by atoms with Gasteiger partial charge in [0, 0.05) is 20.2 Å². The molecule has 7 heteroatoms. The fourth-order valence-corrected chi connectivity index (χ4v) is 2.64. The number of benzene rings is 1. The Kier molecular flexibility index (Phi) is 5.06. The van der Waals surface area contributed by atoms with E-state index in [2.05, 4.69) is 0 Å². The summed E-state index contributed by atoms with van der Waals surface area (Å²) in [5.41, 5.74) is 5.09. The van der Waals surface area contributed by atoms with Crippen LogP contribution in [0.2, 0.25) is 0 Å². The highest BCUT2D eigenvalue weighted by atomic mass is 32.2. The van der Waals surface area contributed by atoms with Crippen molar-refractivity contribution in [2.45, 2.75) is 11.8 Å². The maximum Gasteiger partial charge on any atom is 0.245 e. The fraction of sp³-hybridized carbons (Fsp3) is 0.455. The number of halogens is 1. The van der Waals surface area contributed by atoms with Crippen molar-refractivity contribution in [2.75, 3.05) is 32.5 Å². The molecule has 0 atom stereocenters. The highest BCUT2D eigenvalue weighted by Crippen LogP contribution is 2.23. The number of nitrogen functional groups attached to an aromatic ring is 1. The number of rotatable bonds is 6. The number of ether oxygens (including phenoxy) is 1. The van der Waals surface area contributed by atoms with Gasteiger partial charge in [0.15, 0.2) is 0 Å². The van der Waals surface area contributed by atoms with Gasteiger partial charge in [0.2, 0.25) is 10.0 Å². The van der Waals surface area contributed by atoms with Crippen LogP contribution in [0.3, 0.4) is 0 Å². The van der Waals surface area contributed by atoms with Crippen LogP contribution in [0.1, 0.15) is 6.92 Å². The molecule has 0 aromatic heterocycles. The molecule has 0 unspecified atom stereocenters. The molecule has 1 rings (SSSR count). The number of para-hydroxylation sites is 1. The van der Waals surface area contributed by atoms with E-state index < -0.39 is 15.8 Å². The minimum atomic E-state index is -3.78. The summed E-state index contributed by atoms with van der Waals surface area (Å²) in [6, 6.07) is 3.72. The van der Waals surface area contributed by atoms with Gasteiger partial charge in [-0.3, -0.25) is 0 Å². The maximum atomic E-state index is 13.2. The Balaban J connectivity index is 2.95. The molecule has 0 aliphatic rings. The molecule has 0 fully saturated rings. The summed E-state index contributed by atoms with van der Waals surface area (Å²) in [7, 11) is -2.38. The van der Waals surface area contributed by atoms with Crippen molar-refractivity contribution in [3.05, 3.63) is 24.0 Å². The summed E-state index contributed by atoms with van der Waals surface area (Å²) in [6.07, 6.45) is 0. The van der Waals surface area contributed by atoms with Crippen LogP contribution in [0.4, 0.5) is 10.1 Å². The van der Waals surface area contributed by atoms with Gasteiger partial charge < -0.3 is 10.5 Å². The minimum Gasteiger partial charge on any atom is -0.395 e. The number of nitrogens with two attached hydrogens (primary N) is 1. The lowest BCUT2D eigenvalue weighted by atomic mass is 10.3. The normalized spacial score (nSPS) is 12.0. The smallest absolute Gasteiger partial charge is 0.245 e. The standard InChI is InChI=1S/C11H17FN2O3S/c1-3-17-8-7-14(2)18(15,16)10-6-4-5-9(12)11(10)13/h4-6H,3,7-8,13H2,1-2H3. The first-order valence-corrected chi connectivity index (χ1v) is 6.93. The zero-order valence-electron chi connectivity index (χ0n) is 10.4. The Bertz CT molecular complexity index is 505. The van der Waals surface area contributed by atoms with Gasteiger partial charge >= 0.3 is 0 Å². The summed E-state index contributed by atoms with van der Waals surface area (Å²) in [5.74, 6) is -0.741. The lowest BCUT2D eigenvalue weighted by molar-refractivity contribution is 0.138. The summed E-state index contributed by atoms with van der Waals surface area (Å²) < 4.78 is 43.7. The molecule has 0 aliphatic carbocycles. The molecular formula is C11H17FN2O3S. The van der Waals surface area contributed by atoms with Crippen LogP contribution in [0, 0.1) is 5.82 Å². The van der Waals surface area contributed by atoms with Gasteiger partial charge in [0.1, 0.15) is 10.7 Å². The highest BCUT2D eigenvalue weighted by molar-refractivity contribution is 7.89. The molecule has 0 aliphatic heterocycles. The van der Waals surface area contributed by atoms with E-state index >= 15 is 0 Å². The summed E-state index contributed by atoms with van der Waals surface area (Å²) in [6.45, 7) is 2.79. The fourth-order valence-electron chi connectivity index (χ4n) is 1.37. The lowest BCUT2D eigenvalue weighted by Crippen LogP contribution is -2.31. The van der Waals surface area contributed by atoms with Crippen LogP contribution in [0.25, 0.3) is 0 Å². The first-order valence-electron chi connectivity index (χ1n) is 5.49. The minimum absolute atomic E-state index is 0.187. The van der Waals surface area contributed by atoms with Gasteiger partial charge in [-0.15, -0.1) is 0 Å². The van der Waals surface area contributed by atoms with Gasteiger partial charge in [-0.25, -0.2) is 12.8 Å². The van der Waals surface area contributed by atoms with Gasteiger partial charge in [-0.1, -0.05) is 6.07 Å². The number of sulfonamides is 1. The van der Waals surface area contributed by atoms with Crippen LogP contribution < -0.4 is 5.73 Å². The van der Waals surface area contributed by atoms with Crippen LogP contribution >= 0.6 is 0 Å². The second-order valence-electron chi connectivity index (χ2n) is 3.68.